The number of hydrogen-bond acceptors (Lipinski definition) is 4. The van der Waals surface area contributed by atoms with Crippen molar-refractivity contribution in [2.45, 2.75) is 57.7 Å². The van der Waals surface area contributed by atoms with Crippen molar-refractivity contribution in [2.75, 3.05) is 7.11 Å². The zero-order valence-corrected chi connectivity index (χ0v) is 19.4. The number of alkyl carbamates (subject to hydrolysis) is 1. The summed E-state index contributed by atoms with van der Waals surface area (Å²) in [6.07, 6.45) is 11.2. The number of amides is 2. The molecule has 7 nitrogen and oxygen atoms in total. The predicted octanol–water partition coefficient (Wildman–Crippen LogP) is 4.14. The Balaban J connectivity index is 1.39. The summed E-state index contributed by atoms with van der Waals surface area (Å²) in [6, 6.07) is 6.20. The molecule has 1 saturated heterocycles. The molecule has 2 aliphatic carbocycles. The number of nitrogens with zero attached hydrogens (tertiary/aromatic N) is 2. The van der Waals surface area contributed by atoms with Gasteiger partial charge in [-0.15, -0.1) is 0 Å². The number of carbonyl (C=O) groups excluding carboxylic acids is 2. The summed E-state index contributed by atoms with van der Waals surface area (Å²) in [6.45, 7) is 4.01. The number of methoxy groups -OCH3 is 1. The highest BCUT2D eigenvalue weighted by Gasteiger charge is 2.50. The quantitative estimate of drug-likeness (QED) is 0.697. The number of aromatic amines is 1. The van der Waals surface area contributed by atoms with Crippen molar-refractivity contribution in [1.82, 2.24) is 20.2 Å². The standard InChI is InChI=1S/C26H31N4O3/c1-15(2)21(29-26(32)33-3)14-23(31)30-19-10-8-18(12-19)24(30)25-27-20-11-9-17(13-22(20)28-25)16-6-4-5-7-16/h4-7,9,11,13,15,18-19,21,24H,8,10,12,14H2,1-3H3,(H,27,28)(H,29,32)/t18?,19?,21-,24+/m1/s1. The highest BCUT2D eigenvalue weighted by molar-refractivity contribution is 5.80. The molecule has 2 aromatic rings. The number of aromatic nitrogens is 2. The van der Waals surface area contributed by atoms with Crippen LogP contribution in [0.5, 0.6) is 0 Å². The molecule has 173 valence electrons. The molecular weight excluding hydrogens is 416 g/mol. The minimum Gasteiger partial charge on any atom is -0.453 e. The van der Waals surface area contributed by atoms with Gasteiger partial charge in [-0.1, -0.05) is 19.9 Å². The van der Waals surface area contributed by atoms with E-state index < -0.39 is 6.09 Å². The van der Waals surface area contributed by atoms with Gasteiger partial charge in [0.15, 0.2) is 0 Å². The van der Waals surface area contributed by atoms with Crippen LogP contribution in [0.3, 0.4) is 0 Å². The Kier molecular flexibility index (Phi) is 6.06. The summed E-state index contributed by atoms with van der Waals surface area (Å²) < 4.78 is 4.76. The summed E-state index contributed by atoms with van der Waals surface area (Å²) in [5.74, 6) is 2.65. The Morgan fingerprint density at radius 3 is 2.76 bits per heavy atom. The molecule has 2 bridgehead atoms. The molecule has 2 amide bonds. The number of rotatable bonds is 6. The van der Waals surface area contributed by atoms with Gasteiger partial charge < -0.3 is 19.9 Å². The van der Waals surface area contributed by atoms with Gasteiger partial charge in [0, 0.05) is 24.4 Å². The fraction of sp³-hybridized carbons (Fsp3) is 0.462. The van der Waals surface area contributed by atoms with Crippen molar-refractivity contribution in [3.05, 3.63) is 61.2 Å². The zero-order valence-electron chi connectivity index (χ0n) is 19.4. The molecular formula is C26H31N4O3. The first kappa shape index (κ1) is 22.2. The lowest BCUT2D eigenvalue weighted by Gasteiger charge is -2.35. The van der Waals surface area contributed by atoms with Crippen LogP contribution >= 0.6 is 0 Å². The van der Waals surface area contributed by atoms with E-state index in [9.17, 15) is 9.59 Å². The highest BCUT2D eigenvalue weighted by Crippen LogP contribution is 2.50. The van der Waals surface area contributed by atoms with Crippen LogP contribution in [0.2, 0.25) is 0 Å². The minimum absolute atomic E-state index is 0.0445. The zero-order chi connectivity index (χ0) is 23.1. The molecule has 2 heterocycles. The van der Waals surface area contributed by atoms with Gasteiger partial charge in [0.25, 0.3) is 0 Å². The molecule has 1 aromatic carbocycles. The first-order valence-corrected chi connectivity index (χ1v) is 11.8. The Hall–Kier alpha value is -2.57. The Morgan fingerprint density at radius 1 is 1.24 bits per heavy atom. The summed E-state index contributed by atoms with van der Waals surface area (Å²) in [4.78, 5) is 35.8. The number of fused-ring (bicyclic) bond motifs is 3. The fourth-order valence-corrected chi connectivity index (χ4v) is 5.57. The van der Waals surface area contributed by atoms with Crippen LogP contribution in [0.4, 0.5) is 4.79 Å². The van der Waals surface area contributed by atoms with E-state index >= 15 is 0 Å². The average molecular weight is 448 g/mol. The number of H-pyrrole nitrogens is 1. The topological polar surface area (TPSA) is 87.3 Å². The third-order valence-corrected chi connectivity index (χ3v) is 7.34. The van der Waals surface area contributed by atoms with Crippen LogP contribution in [-0.4, -0.2) is 46.1 Å². The number of hydrogen-bond donors (Lipinski definition) is 2. The Bertz CT molecular complexity index is 1030. The second kappa shape index (κ2) is 8.99. The van der Waals surface area contributed by atoms with Gasteiger partial charge in [-0.25, -0.2) is 9.78 Å². The van der Waals surface area contributed by atoms with Gasteiger partial charge in [0.05, 0.1) is 24.2 Å². The molecule has 3 fully saturated rings. The van der Waals surface area contributed by atoms with Gasteiger partial charge >= 0.3 is 6.09 Å². The van der Waals surface area contributed by atoms with Crippen LogP contribution in [0.25, 0.3) is 11.0 Å². The van der Waals surface area contributed by atoms with E-state index in [2.05, 4.69) is 35.3 Å². The molecule has 2 N–H and O–H groups in total. The average Bonchev–Trinajstić information content (AvgIpc) is 3.60. The minimum atomic E-state index is -0.501. The number of piperidine rings is 1. The molecule has 2 unspecified atom stereocenters. The first-order valence-electron chi connectivity index (χ1n) is 11.8. The molecule has 7 heteroatoms. The number of likely N-dealkylation sites (tertiary alicyclic amines) is 1. The normalized spacial score (nSPS) is 25.8. The van der Waals surface area contributed by atoms with Gasteiger partial charge in [-0.2, -0.15) is 0 Å². The van der Waals surface area contributed by atoms with E-state index in [1.54, 1.807) is 0 Å². The second-order valence-electron chi connectivity index (χ2n) is 9.69. The number of benzene rings is 1. The lowest BCUT2D eigenvalue weighted by Crippen LogP contribution is -2.46. The van der Waals surface area contributed by atoms with Crippen molar-refractivity contribution < 1.29 is 14.3 Å². The van der Waals surface area contributed by atoms with Crippen LogP contribution in [0, 0.1) is 43.4 Å². The van der Waals surface area contributed by atoms with Crippen LogP contribution in [-0.2, 0) is 9.53 Å². The van der Waals surface area contributed by atoms with Crippen molar-refractivity contribution >= 4 is 23.0 Å². The van der Waals surface area contributed by atoms with Crippen LogP contribution in [0.15, 0.2) is 18.2 Å². The van der Waals surface area contributed by atoms with E-state index in [-0.39, 0.29) is 36.4 Å². The monoisotopic (exact) mass is 447 g/mol. The molecule has 5 radical (unpaired) electrons. The van der Waals surface area contributed by atoms with Crippen LogP contribution < -0.4 is 5.32 Å². The smallest absolute Gasteiger partial charge is 0.407 e. The predicted molar refractivity (Wildman–Crippen MR) is 125 cm³/mol. The summed E-state index contributed by atoms with van der Waals surface area (Å²) in [5.41, 5.74) is 3.06. The number of imidazole rings is 1. The third kappa shape index (κ3) is 4.22. The maximum atomic E-state index is 13.5. The molecule has 2 saturated carbocycles. The van der Waals surface area contributed by atoms with E-state index in [1.807, 2.05) is 37.7 Å². The number of ether oxygens (including phenoxy) is 1. The molecule has 1 aromatic heterocycles. The first-order chi connectivity index (χ1) is 15.9. The van der Waals surface area contributed by atoms with Crippen molar-refractivity contribution in [3.63, 3.8) is 0 Å². The maximum Gasteiger partial charge on any atom is 0.407 e. The molecule has 3 aliphatic rings. The SMILES string of the molecule is COC(=O)N[C@H](CC(=O)N1C2CCC(C2)[C@H]1c1nc2ccc([C]3[CH][CH][CH][CH]3)cc2[nH]1)C(C)C. The Morgan fingerprint density at radius 2 is 2.03 bits per heavy atom. The van der Waals surface area contributed by atoms with Crippen molar-refractivity contribution in [1.29, 1.82) is 0 Å². The summed E-state index contributed by atoms with van der Waals surface area (Å²) >= 11 is 0. The summed E-state index contributed by atoms with van der Waals surface area (Å²) in [5, 5.41) is 2.83. The van der Waals surface area contributed by atoms with E-state index in [0.29, 0.717) is 5.92 Å². The number of carbonyl (C=O) groups is 2. The van der Waals surface area contributed by atoms with Gasteiger partial charge in [0.1, 0.15) is 5.82 Å². The Labute approximate surface area is 195 Å². The second-order valence-corrected chi connectivity index (χ2v) is 9.69. The van der Waals surface area contributed by atoms with E-state index in [0.717, 1.165) is 41.7 Å². The molecule has 4 atom stereocenters. The fourth-order valence-electron chi connectivity index (χ4n) is 5.57. The lowest BCUT2D eigenvalue weighted by molar-refractivity contribution is -0.136. The van der Waals surface area contributed by atoms with Gasteiger partial charge in [0.2, 0.25) is 5.91 Å². The number of nitrogens with one attached hydrogen (secondary N) is 2. The molecule has 33 heavy (non-hydrogen) atoms. The highest BCUT2D eigenvalue weighted by atomic mass is 16.5. The lowest BCUT2D eigenvalue weighted by atomic mass is 9.96. The van der Waals surface area contributed by atoms with E-state index in [1.165, 1.54) is 13.0 Å². The third-order valence-electron chi connectivity index (χ3n) is 7.34. The van der Waals surface area contributed by atoms with Gasteiger partial charge in [-0.3, -0.25) is 4.79 Å². The largest absolute Gasteiger partial charge is 0.453 e. The van der Waals surface area contributed by atoms with E-state index in [4.69, 9.17) is 9.72 Å². The molecule has 5 rings (SSSR count). The van der Waals surface area contributed by atoms with Crippen molar-refractivity contribution in [2.24, 2.45) is 11.8 Å². The molecule has 1 aliphatic heterocycles. The molecule has 0 spiro atoms. The summed E-state index contributed by atoms with van der Waals surface area (Å²) in [7, 11) is 1.34. The van der Waals surface area contributed by atoms with Crippen molar-refractivity contribution in [3.8, 4) is 0 Å². The van der Waals surface area contributed by atoms with Gasteiger partial charge in [-0.05, 0) is 74.5 Å². The van der Waals surface area contributed by atoms with Crippen LogP contribution in [0.1, 0.15) is 57.0 Å². The maximum absolute atomic E-state index is 13.5.